The van der Waals surface area contributed by atoms with Crippen molar-refractivity contribution >= 4 is 20.0 Å². The van der Waals surface area contributed by atoms with Crippen molar-refractivity contribution in [3.8, 4) is 0 Å². The van der Waals surface area contributed by atoms with E-state index in [0.717, 1.165) is 0 Å². The van der Waals surface area contributed by atoms with Gasteiger partial charge >= 0.3 is 15.6 Å². The molecule has 1 saturated carbocycles. The molecule has 0 bridgehead atoms. The lowest BCUT2D eigenvalue weighted by Crippen LogP contribution is -2.46. The first-order valence-electron chi connectivity index (χ1n) is 8.45. The summed E-state index contributed by atoms with van der Waals surface area (Å²) in [6.07, 6.45) is -1.27. The van der Waals surface area contributed by atoms with Crippen molar-refractivity contribution in [1.29, 1.82) is 0 Å². The lowest BCUT2D eigenvalue weighted by molar-refractivity contribution is -0.0593. The van der Waals surface area contributed by atoms with Crippen LogP contribution in [0, 0.1) is 11.3 Å². The molecule has 27 heavy (non-hydrogen) atoms. The first-order valence-corrected chi connectivity index (χ1v) is 11.4. The van der Waals surface area contributed by atoms with E-state index in [9.17, 15) is 30.0 Å². The first-order chi connectivity index (χ1) is 12.2. The Hall–Kier alpha value is -1.13. The van der Waals surface area contributed by atoms with Crippen molar-refractivity contribution in [2.45, 2.75) is 61.8 Å². The lowest BCUT2D eigenvalue weighted by atomic mass is 9.71. The van der Waals surface area contributed by atoms with Gasteiger partial charge in [-0.3, -0.25) is 4.18 Å². The number of sulfone groups is 1. The molecule has 0 heterocycles. The van der Waals surface area contributed by atoms with Gasteiger partial charge in [-0.25, -0.2) is 8.42 Å². The monoisotopic (exact) mass is 428 g/mol. The van der Waals surface area contributed by atoms with Gasteiger partial charge in [0.1, 0.15) is 0 Å². The highest BCUT2D eigenvalue weighted by molar-refractivity contribution is 7.92. The predicted octanol–water partition coefficient (Wildman–Crippen LogP) is 3.91. The molecule has 10 heteroatoms. The van der Waals surface area contributed by atoms with Crippen molar-refractivity contribution < 1.29 is 34.2 Å². The Labute approximate surface area is 158 Å². The number of hydrogen-bond acceptors (Lipinski definition) is 5. The van der Waals surface area contributed by atoms with E-state index in [1.807, 2.05) is 20.8 Å². The van der Waals surface area contributed by atoms with Crippen LogP contribution < -0.4 is 0 Å². The molecule has 0 saturated heterocycles. The van der Waals surface area contributed by atoms with Crippen LogP contribution in [0.15, 0.2) is 35.2 Å². The van der Waals surface area contributed by atoms with Gasteiger partial charge < -0.3 is 0 Å². The number of halogens is 3. The number of hydrogen-bond donors (Lipinski definition) is 0. The fourth-order valence-electron chi connectivity index (χ4n) is 3.33. The summed E-state index contributed by atoms with van der Waals surface area (Å²) in [6, 6.07) is 7.29. The highest BCUT2D eigenvalue weighted by Crippen LogP contribution is 2.43. The Morgan fingerprint density at radius 3 is 2.00 bits per heavy atom. The number of benzene rings is 1. The molecule has 2 rings (SSSR count). The van der Waals surface area contributed by atoms with Crippen LogP contribution in [0.1, 0.15) is 40.0 Å². The van der Waals surface area contributed by atoms with E-state index >= 15 is 0 Å². The van der Waals surface area contributed by atoms with Crippen molar-refractivity contribution in [3.05, 3.63) is 30.3 Å². The third-order valence-electron chi connectivity index (χ3n) is 4.96. The second kappa shape index (κ2) is 7.36. The summed E-state index contributed by atoms with van der Waals surface area (Å²) < 4.78 is 91.6. The van der Waals surface area contributed by atoms with E-state index in [-0.39, 0.29) is 29.1 Å². The van der Waals surface area contributed by atoms with Crippen LogP contribution in [0.4, 0.5) is 13.2 Å². The van der Waals surface area contributed by atoms with Gasteiger partial charge in [0.15, 0.2) is 9.84 Å². The number of alkyl halides is 3. The van der Waals surface area contributed by atoms with Gasteiger partial charge in [0, 0.05) is 0 Å². The van der Waals surface area contributed by atoms with E-state index in [4.69, 9.17) is 0 Å². The molecule has 0 aliphatic heterocycles. The molecular weight excluding hydrogens is 405 g/mol. The molecule has 1 fully saturated rings. The van der Waals surface area contributed by atoms with E-state index in [0.29, 0.717) is 6.42 Å². The second-order valence-corrected chi connectivity index (χ2v) is 11.5. The molecule has 1 unspecified atom stereocenters. The molecule has 0 aromatic heterocycles. The van der Waals surface area contributed by atoms with Crippen molar-refractivity contribution in [1.82, 2.24) is 0 Å². The second-order valence-electron chi connectivity index (χ2n) is 7.81. The van der Waals surface area contributed by atoms with Gasteiger partial charge in [-0.1, -0.05) is 39.0 Å². The van der Waals surface area contributed by atoms with E-state index < -0.39 is 36.8 Å². The summed E-state index contributed by atoms with van der Waals surface area (Å²) in [5.74, 6) is -0.102. The largest absolute Gasteiger partial charge is 0.523 e. The van der Waals surface area contributed by atoms with Crippen LogP contribution >= 0.6 is 0 Å². The van der Waals surface area contributed by atoms with E-state index in [1.54, 1.807) is 6.07 Å². The SMILES string of the molecule is CC(C)(C)C1CC[C@@H](OS(=O)(=O)C(F)(F)F)[C@H](S(=O)(=O)c2ccccc2)C1. The van der Waals surface area contributed by atoms with Crippen LogP contribution in [0.2, 0.25) is 0 Å². The van der Waals surface area contributed by atoms with Gasteiger partial charge in [-0.2, -0.15) is 21.6 Å². The molecule has 154 valence electrons. The summed E-state index contributed by atoms with van der Waals surface area (Å²) in [4.78, 5) is -0.0671. The van der Waals surface area contributed by atoms with Crippen molar-refractivity contribution in [2.24, 2.45) is 11.3 Å². The third-order valence-corrected chi connectivity index (χ3v) is 8.25. The maximum absolute atomic E-state index is 13.0. The fraction of sp³-hybridized carbons (Fsp3) is 0.647. The molecule has 0 spiro atoms. The summed E-state index contributed by atoms with van der Waals surface area (Å²) in [5.41, 5.74) is -5.88. The minimum atomic E-state index is -5.89. The molecule has 1 aliphatic carbocycles. The minimum Gasteiger partial charge on any atom is -0.258 e. The van der Waals surface area contributed by atoms with E-state index in [2.05, 4.69) is 4.18 Å². The number of rotatable bonds is 4. The molecular formula is C17H23F3O5S2. The summed E-state index contributed by atoms with van der Waals surface area (Å²) in [5, 5.41) is -1.38. The van der Waals surface area contributed by atoms with Gasteiger partial charge in [-0.15, -0.1) is 0 Å². The fourth-order valence-corrected chi connectivity index (χ4v) is 6.03. The zero-order valence-corrected chi connectivity index (χ0v) is 16.9. The molecule has 5 nitrogen and oxygen atoms in total. The Balaban J connectivity index is 2.44. The average molecular weight is 428 g/mol. The normalized spacial score (nSPS) is 25.3. The Morgan fingerprint density at radius 2 is 1.52 bits per heavy atom. The molecule has 0 N–H and O–H groups in total. The zero-order valence-electron chi connectivity index (χ0n) is 15.2. The average Bonchev–Trinajstić information content (AvgIpc) is 2.53. The first kappa shape index (κ1) is 22.2. The summed E-state index contributed by atoms with van der Waals surface area (Å²) in [6.45, 7) is 5.74. The van der Waals surface area contributed by atoms with Gasteiger partial charge in [0.05, 0.1) is 16.2 Å². The molecule has 0 radical (unpaired) electrons. The summed E-state index contributed by atoms with van der Waals surface area (Å²) in [7, 11) is -9.97. The van der Waals surface area contributed by atoms with Crippen LogP contribution in [-0.2, 0) is 24.1 Å². The molecule has 1 aromatic carbocycles. The van der Waals surface area contributed by atoms with Crippen LogP contribution in [-0.4, -0.2) is 33.7 Å². The van der Waals surface area contributed by atoms with Crippen molar-refractivity contribution in [2.75, 3.05) is 0 Å². The van der Waals surface area contributed by atoms with Gasteiger partial charge in [-0.05, 0) is 42.7 Å². The summed E-state index contributed by atoms with van der Waals surface area (Å²) >= 11 is 0. The maximum Gasteiger partial charge on any atom is 0.523 e. The highest BCUT2D eigenvalue weighted by Gasteiger charge is 2.52. The van der Waals surface area contributed by atoms with Crippen molar-refractivity contribution in [3.63, 3.8) is 0 Å². The van der Waals surface area contributed by atoms with Crippen LogP contribution in [0.25, 0.3) is 0 Å². The smallest absolute Gasteiger partial charge is 0.258 e. The Kier molecular flexibility index (Phi) is 6.04. The maximum atomic E-state index is 13.0. The third kappa shape index (κ3) is 4.83. The van der Waals surface area contributed by atoms with Crippen LogP contribution in [0.5, 0.6) is 0 Å². The molecule has 1 aliphatic rings. The predicted molar refractivity (Wildman–Crippen MR) is 94.1 cm³/mol. The molecule has 0 amide bonds. The standard InChI is InChI=1S/C17H23F3O5S2/c1-16(2,3)12-9-10-14(25-27(23,24)17(18,19)20)15(11-12)26(21,22)13-7-5-4-6-8-13/h4-8,12,14-15H,9-11H2,1-3H3/t12?,14-,15-/m1/s1. The Morgan fingerprint density at radius 1 is 0.963 bits per heavy atom. The lowest BCUT2D eigenvalue weighted by Gasteiger charge is -2.40. The van der Waals surface area contributed by atoms with Gasteiger partial charge in [0.25, 0.3) is 0 Å². The topological polar surface area (TPSA) is 77.5 Å². The van der Waals surface area contributed by atoms with Crippen LogP contribution in [0.3, 0.4) is 0 Å². The van der Waals surface area contributed by atoms with Gasteiger partial charge in [0.2, 0.25) is 0 Å². The highest BCUT2D eigenvalue weighted by atomic mass is 32.2. The zero-order chi connectivity index (χ0) is 20.7. The van der Waals surface area contributed by atoms with E-state index in [1.165, 1.54) is 24.3 Å². The Bertz CT molecular complexity index is 856. The molecule has 3 atom stereocenters. The minimum absolute atomic E-state index is 0.0266. The molecule has 1 aromatic rings. The quantitative estimate of drug-likeness (QED) is 0.537.